The standard InChI is InChI=1S/C14H24O4/c15-11-3-1-2-10(7-11)14(16)17-8-9-4-5-12-13(6-9)18-12/h9-16H,1-8H2. The van der Waals surface area contributed by atoms with Gasteiger partial charge in [-0.15, -0.1) is 0 Å². The Labute approximate surface area is 108 Å². The highest BCUT2D eigenvalue weighted by Gasteiger charge is 2.44. The lowest BCUT2D eigenvalue weighted by atomic mass is 9.86. The molecule has 4 heteroatoms. The van der Waals surface area contributed by atoms with Crippen LogP contribution in [0.4, 0.5) is 0 Å². The van der Waals surface area contributed by atoms with Crippen LogP contribution in [-0.4, -0.2) is 41.4 Å². The summed E-state index contributed by atoms with van der Waals surface area (Å²) in [5, 5.41) is 19.6. The molecule has 104 valence electrons. The van der Waals surface area contributed by atoms with E-state index in [9.17, 15) is 10.2 Å². The van der Waals surface area contributed by atoms with Gasteiger partial charge in [-0.05, 0) is 44.4 Å². The zero-order chi connectivity index (χ0) is 12.5. The van der Waals surface area contributed by atoms with Crippen molar-refractivity contribution in [2.75, 3.05) is 6.61 Å². The van der Waals surface area contributed by atoms with Crippen molar-refractivity contribution < 1.29 is 19.7 Å². The third-order valence-corrected chi connectivity index (χ3v) is 4.71. The lowest BCUT2D eigenvalue weighted by Gasteiger charge is -2.30. The van der Waals surface area contributed by atoms with Gasteiger partial charge < -0.3 is 19.7 Å². The molecular weight excluding hydrogens is 232 g/mol. The van der Waals surface area contributed by atoms with Crippen molar-refractivity contribution in [1.29, 1.82) is 0 Å². The molecule has 0 aromatic heterocycles. The van der Waals surface area contributed by atoms with E-state index in [4.69, 9.17) is 9.47 Å². The van der Waals surface area contributed by atoms with Crippen LogP contribution in [0.25, 0.3) is 0 Å². The molecule has 3 aliphatic rings. The minimum absolute atomic E-state index is 0.113. The largest absolute Gasteiger partial charge is 0.393 e. The molecule has 2 N–H and O–H groups in total. The third-order valence-electron chi connectivity index (χ3n) is 4.71. The van der Waals surface area contributed by atoms with Crippen LogP contribution in [0.15, 0.2) is 0 Å². The molecule has 0 aromatic rings. The zero-order valence-corrected chi connectivity index (χ0v) is 10.8. The van der Waals surface area contributed by atoms with Crippen molar-refractivity contribution in [2.45, 2.75) is 69.5 Å². The highest BCUT2D eigenvalue weighted by molar-refractivity contribution is 4.91. The van der Waals surface area contributed by atoms with E-state index in [0.29, 0.717) is 31.2 Å². The fraction of sp³-hybridized carbons (Fsp3) is 1.00. The Kier molecular flexibility index (Phi) is 3.89. The second-order valence-corrected chi connectivity index (χ2v) is 6.20. The Balaban J connectivity index is 1.39. The first-order valence-corrected chi connectivity index (χ1v) is 7.35. The number of hydrogen-bond acceptors (Lipinski definition) is 4. The highest BCUT2D eigenvalue weighted by Crippen LogP contribution is 2.39. The van der Waals surface area contributed by atoms with E-state index >= 15 is 0 Å². The van der Waals surface area contributed by atoms with E-state index in [2.05, 4.69) is 0 Å². The van der Waals surface area contributed by atoms with Crippen LogP contribution in [-0.2, 0) is 9.47 Å². The van der Waals surface area contributed by atoms with Crippen LogP contribution in [0.5, 0.6) is 0 Å². The molecule has 3 fully saturated rings. The van der Waals surface area contributed by atoms with Crippen molar-refractivity contribution in [1.82, 2.24) is 0 Å². The lowest BCUT2D eigenvalue weighted by Crippen LogP contribution is -2.32. The van der Waals surface area contributed by atoms with Crippen molar-refractivity contribution in [3.63, 3.8) is 0 Å². The molecule has 2 aliphatic carbocycles. The molecule has 4 nitrogen and oxygen atoms in total. The highest BCUT2D eigenvalue weighted by atomic mass is 16.6. The van der Waals surface area contributed by atoms with Crippen LogP contribution in [0.3, 0.4) is 0 Å². The third kappa shape index (κ3) is 3.05. The Hall–Kier alpha value is -0.160. The van der Waals surface area contributed by atoms with Crippen LogP contribution >= 0.6 is 0 Å². The van der Waals surface area contributed by atoms with Gasteiger partial charge in [0.25, 0.3) is 0 Å². The van der Waals surface area contributed by atoms with Gasteiger partial charge in [-0.25, -0.2) is 0 Å². The van der Waals surface area contributed by atoms with Gasteiger partial charge in [0.1, 0.15) is 0 Å². The first kappa shape index (κ1) is 12.9. The summed E-state index contributed by atoms with van der Waals surface area (Å²) in [6.45, 7) is 0.639. The minimum Gasteiger partial charge on any atom is -0.393 e. The SMILES string of the molecule is OC1CCCC(C(O)OCC2CCC3OC3C2)C1. The minimum atomic E-state index is -0.696. The van der Waals surface area contributed by atoms with Gasteiger partial charge in [-0.2, -0.15) is 0 Å². The average Bonchev–Trinajstić information content (AvgIpc) is 3.14. The Morgan fingerprint density at radius 1 is 1.11 bits per heavy atom. The molecule has 1 saturated heterocycles. The number of fused-ring (bicyclic) bond motifs is 1. The number of hydrogen-bond donors (Lipinski definition) is 2. The van der Waals surface area contributed by atoms with Crippen molar-refractivity contribution in [3.05, 3.63) is 0 Å². The van der Waals surface area contributed by atoms with Gasteiger partial charge >= 0.3 is 0 Å². The quantitative estimate of drug-likeness (QED) is 0.590. The van der Waals surface area contributed by atoms with E-state index in [1.54, 1.807) is 0 Å². The first-order chi connectivity index (χ1) is 8.72. The van der Waals surface area contributed by atoms with E-state index < -0.39 is 6.29 Å². The molecule has 0 radical (unpaired) electrons. The van der Waals surface area contributed by atoms with Gasteiger partial charge in [-0.1, -0.05) is 6.42 Å². The summed E-state index contributed by atoms with van der Waals surface area (Å²) in [5.41, 5.74) is 0. The van der Waals surface area contributed by atoms with Crippen LogP contribution in [0.2, 0.25) is 0 Å². The van der Waals surface area contributed by atoms with Gasteiger partial charge in [0, 0.05) is 5.92 Å². The van der Waals surface area contributed by atoms with Gasteiger partial charge in [0.15, 0.2) is 6.29 Å². The van der Waals surface area contributed by atoms with Crippen molar-refractivity contribution >= 4 is 0 Å². The first-order valence-electron chi connectivity index (χ1n) is 7.35. The fourth-order valence-electron chi connectivity index (χ4n) is 3.47. The van der Waals surface area contributed by atoms with Gasteiger partial charge in [0.05, 0.1) is 24.9 Å². The van der Waals surface area contributed by atoms with Gasteiger partial charge in [0.2, 0.25) is 0 Å². The number of epoxide rings is 1. The number of aliphatic hydroxyl groups excluding tert-OH is 2. The molecule has 0 amide bonds. The van der Waals surface area contributed by atoms with E-state index in [1.165, 1.54) is 0 Å². The molecule has 6 atom stereocenters. The topological polar surface area (TPSA) is 62.2 Å². The maximum absolute atomic E-state index is 10.0. The summed E-state index contributed by atoms with van der Waals surface area (Å²) in [4.78, 5) is 0. The molecule has 0 bridgehead atoms. The number of rotatable bonds is 4. The second kappa shape index (κ2) is 5.45. The Morgan fingerprint density at radius 2 is 2.00 bits per heavy atom. The number of aliphatic hydroxyl groups is 2. The number of ether oxygens (including phenoxy) is 2. The van der Waals surface area contributed by atoms with Crippen molar-refractivity contribution in [2.24, 2.45) is 11.8 Å². The average molecular weight is 256 g/mol. The molecule has 18 heavy (non-hydrogen) atoms. The Morgan fingerprint density at radius 3 is 2.78 bits per heavy atom. The van der Waals surface area contributed by atoms with Crippen LogP contribution in [0.1, 0.15) is 44.9 Å². The molecule has 1 aliphatic heterocycles. The van der Waals surface area contributed by atoms with E-state index in [1.807, 2.05) is 0 Å². The van der Waals surface area contributed by atoms with E-state index in [0.717, 1.165) is 38.5 Å². The predicted octanol–water partition coefficient (Wildman–Crippen LogP) is 1.44. The molecule has 0 spiro atoms. The van der Waals surface area contributed by atoms with Crippen LogP contribution < -0.4 is 0 Å². The Bertz CT molecular complexity index is 283. The van der Waals surface area contributed by atoms with Crippen LogP contribution in [0, 0.1) is 11.8 Å². The molecule has 6 unspecified atom stereocenters. The molecule has 0 aromatic carbocycles. The maximum atomic E-state index is 10.0. The van der Waals surface area contributed by atoms with E-state index in [-0.39, 0.29) is 12.0 Å². The predicted molar refractivity (Wildman–Crippen MR) is 65.9 cm³/mol. The summed E-state index contributed by atoms with van der Waals surface area (Å²) in [6.07, 6.45) is 6.95. The molecular formula is C14H24O4. The monoisotopic (exact) mass is 256 g/mol. The summed E-state index contributed by atoms with van der Waals surface area (Å²) in [5.74, 6) is 0.652. The summed E-state index contributed by atoms with van der Waals surface area (Å²) >= 11 is 0. The maximum Gasteiger partial charge on any atom is 0.157 e. The molecule has 3 rings (SSSR count). The second-order valence-electron chi connectivity index (χ2n) is 6.20. The summed E-state index contributed by atoms with van der Waals surface area (Å²) in [7, 11) is 0. The zero-order valence-electron chi connectivity index (χ0n) is 10.8. The van der Waals surface area contributed by atoms with Crippen molar-refractivity contribution in [3.8, 4) is 0 Å². The van der Waals surface area contributed by atoms with Gasteiger partial charge in [-0.3, -0.25) is 0 Å². The summed E-state index contributed by atoms with van der Waals surface area (Å²) in [6, 6.07) is 0. The summed E-state index contributed by atoms with van der Waals surface area (Å²) < 4.78 is 11.1. The molecule has 1 heterocycles. The normalized spacial score (nSPS) is 45.3. The lowest BCUT2D eigenvalue weighted by molar-refractivity contribution is -0.157. The molecule has 2 saturated carbocycles. The fourth-order valence-corrected chi connectivity index (χ4v) is 3.47. The smallest absolute Gasteiger partial charge is 0.157 e.